The van der Waals surface area contributed by atoms with Crippen LogP contribution in [0, 0.1) is 11.3 Å². The number of rotatable bonds is 2. The Morgan fingerprint density at radius 2 is 1.76 bits per heavy atom. The van der Waals surface area contributed by atoms with Gasteiger partial charge in [0.2, 0.25) is 0 Å². The summed E-state index contributed by atoms with van der Waals surface area (Å²) < 4.78 is 7.32. The van der Waals surface area contributed by atoms with Gasteiger partial charge in [-0.2, -0.15) is 5.26 Å². The van der Waals surface area contributed by atoms with Gasteiger partial charge in [-0.3, -0.25) is 0 Å². The van der Waals surface area contributed by atoms with E-state index in [1.54, 1.807) is 18.2 Å². The Kier molecular flexibility index (Phi) is 3.82. The number of ether oxygens (including phenoxy) is 1. The third-order valence-corrected chi connectivity index (χ3v) is 3.44. The minimum Gasteiger partial charge on any atom is -0.456 e. The summed E-state index contributed by atoms with van der Waals surface area (Å²) in [7, 11) is 0. The molecule has 17 heavy (non-hydrogen) atoms. The maximum atomic E-state index is 8.81. The van der Waals surface area contributed by atoms with Crippen molar-refractivity contribution in [3.05, 3.63) is 57.0 Å². The summed E-state index contributed by atoms with van der Waals surface area (Å²) in [6.45, 7) is 0. The van der Waals surface area contributed by atoms with Gasteiger partial charge in [0.1, 0.15) is 17.6 Å². The highest BCUT2D eigenvalue weighted by Crippen LogP contribution is 2.31. The van der Waals surface area contributed by atoms with Crippen LogP contribution >= 0.6 is 31.9 Å². The van der Waals surface area contributed by atoms with Gasteiger partial charge in [-0.25, -0.2) is 0 Å². The molecule has 0 N–H and O–H groups in total. The second kappa shape index (κ2) is 5.35. The summed E-state index contributed by atoms with van der Waals surface area (Å²) >= 11 is 6.74. The van der Waals surface area contributed by atoms with Gasteiger partial charge < -0.3 is 4.74 Å². The van der Waals surface area contributed by atoms with E-state index in [9.17, 15) is 0 Å². The van der Waals surface area contributed by atoms with Gasteiger partial charge in [0, 0.05) is 4.47 Å². The minimum atomic E-state index is 0.587. The second-order valence-corrected chi connectivity index (χ2v) is 4.99. The molecule has 0 atom stereocenters. The predicted octanol–water partition coefficient (Wildman–Crippen LogP) is 4.88. The summed E-state index contributed by atoms with van der Waals surface area (Å²) in [5, 5.41) is 8.81. The van der Waals surface area contributed by atoms with Gasteiger partial charge in [0.05, 0.1) is 10.0 Å². The Labute approximate surface area is 116 Å². The van der Waals surface area contributed by atoms with Crippen LogP contribution in [0.25, 0.3) is 0 Å². The van der Waals surface area contributed by atoms with Crippen molar-refractivity contribution >= 4 is 31.9 Å². The first kappa shape index (κ1) is 12.2. The van der Waals surface area contributed by atoms with Crippen LogP contribution in [-0.4, -0.2) is 0 Å². The van der Waals surface area contributed by atoms with E-state index in [1.807, 2.05) is 24.3 Å². The fraction of sp³-hybridized carbons (Fsp3) is 0. The fourth-order valence-electron chi connectivity index (χ4n) is 1.30. The first-order valence-electron chi connectivity index (χ1n) is 4.83. The number of halogens is 2. The van der Waals surface area contributed by atoms with Crippen LogP contribution in [-0.2, 0) is 0 Å². The Morgan fingerprint density at radius 3 is 2.41 bits per heavy atom. The van der Waals surface area contributed by atoms with Crippen molar-refractivity contribution in [2.75, 3.05) is 0 Å². The smallest absolute Gasteiger partial charge is 0.141 e. The molecule has 0 heterocycles. The van der Waals surface area contributed by atoms with E-state index in [-0.39, 0.29) is 0 Å². The zero-order valence-corrected chi connectivity index (χ0v) is 11.8. The van der Waals surface area contributed by atoms with Crippen LogP contribution < -0.4 is 4.74 Å². The Balaban J connectivity index is 2.29. The molecule has 0 aliphatic heterocycles. The SMILES string of the molecule is N#Cc1ccc(Oc2ccccc2Br)cc1Br. The topological polar surface area (TPSA) is 33.0 Å². The number of nitriles is 1. The molecule has 0 aromatic heterocycles. The molecule has 2 aromatic carbocycles. The largest absolute Gasteiger partial charge is 0.456 e. The Bertz CT molecular complexity index is 590. The molecule has 0 amide bonds. The molecule has 0 aliphatic carbocycles. The van der Waals surface area contributed by atoms with Crippen molar-refractivity contribution < 1.29 is 4.74 Å². The second-order valence-electron chi connectivity index (χ2n) is 3.29. The Hall–Kier alpha value is -1.31. The molecule has 0 bridgehead atoms. The molecule has 0 saturated carbocycles. The summed E-state index contributed by atoms with van der Waals surface area (Å²) in [6.07, 6.45) is 0. The van der Waals surface area contributed by atoms with E-state index in [1.165, 1.54) is 0 Å². The molecular weight excluding hydrogens is 346 g/mol. The maximum absolute atomic E-state index is 8.81. The standard InChI is InChI=1S/C13H7Br2NO/c14-11-3-1-2-4-13(11)17-10-6-5-9(8-16)12(15)7-10/h1-7H. The molecule has 2 rings (SSSR count). The van der Waals surface area contributed by atoms with Crippen LogP contribution in [0.5, 0.6) is 11.5 Å². The van der Waals surface area contributed by atoms with E-state index in [2.05, 4.69) is 37.9 Å². The third kappa shape index (κ3) is 2.87. The lowest BCUT2D eigenvalue weighted by atomic mass is 10.2. The highest BCUT2D eigenvalue weighted by molar-refractivity contribution is 9.10. The van der Waals surface area contributed by atoms with Crippen molar-refractivity contribution in [1.29, 1.82) is 5.26 Å². The van der Waals surface area contributed by atoms with Crippen molar-refractivity contribution in [3.8, 4) is 17.6 Å². The van der Waals surface area contributed by atoms with Crippen LogP contribution in [0.15, 0.2) is 51.4 Å². The lowest BCUT2D eigenvalue weighted by Crippen LogP contribution is -1.86. The number of hydrogen-bond acceptors (Lipinski definition) is 2. The number of benzene rings is 2. The zero-order valence-electron chi connectivity index (χ0n) is 8.65. The number of nitrogens with zero attached hydrogens (tertiary/aromatic N) is 1. The average molecular weight is 353 g/mol. The molecule has 0 saturated heterocycles. The zero-order chi connectivity index (χ0) is 12.3. The lowest BCUT2D eigenvalue weighted by molar-refractivity contribution is 0.479. The predicted molar refractivity (Wildman–Crippen MR) is 73.1 cm³/mol. The van der Waals surface area contributed by atoms with E-state index >= 15 is 0 Å². The lowest BCUT2D eigenvalue weighted by Gasteiger charge is -2.08. The molecule has 0 unspecified atom stereocenters. The molecule has 84 valence electrons. The van der Waals surface area contributed by atoms with Gasteiger partial charge in [0.15, 0.2) is 0 Å². The van der Waals surface area contributed by atoms with Crippen LogP contribution in [0.3, 0.4) is 0 Å². The van der Waals surface area contributed by atoms with E-state index in [4.69, 9.17) is 10.00 Å². The highest BCUT2D eigenvalue weighted by Gasteiger charge is 2.04. The number of hydrogen-bond donors (Lipinski definition) is 0. The Morgan fingerprint density at radius 1 is 1.00 bits per heavy atom. The first-order valence-corrected chi connectivity index (χ1v) is 6.41. The summed E-state index contributed by atoms with van der Waals surface area (Å²) in [5.74, 6) is 1.42. The molecule has 4 heteroatoms. The molecule has 0 fully saturated rings. The molecule has 0 spiro atoms. The van der Waals surface area contributed by atoms with Crippen LogP contribution in [0.1, 0.15) is 5.56 Å². The van der Waals surface area contributed by atoms with E-state index in [0.717, 1.165) is 14.7 Å². The summed E-state index contributed by atoms with van der Waals surface area (Å²) in [6, 6.07) is 15.0. The molecule has 2 nitrogen and oxygen atoms in total. The molecule has 2 aromatic rings. The molecular formula is C13H7Br2NO. The monoisotopic (exact) mass is 351 g/mol. The third-order valence-electron chi connectivity index (χ3n) is 2.13. The van der Waals surface area contributed by atoms with Gasteiger partial charge in [-0.15, -0.1) is 0 Å². The first-order chi connectivity index (χ1) is 8.20. The van der Waals surface area contributed by atoms with Gasteiger partial charge >= 0.3 is 0 Å². The van der Waals surface area contributed by atoms with Crippen molar-refractivity contribution in [3.63, 3.8) is 0 Å². The van der Waals surface area contributed by atoms with E-state index < -0.39 is 0 Å². The van der Waals surface area contributed by atoms with Crippen LogP contribution in [0.4, 0.5) is 0 Å². The maximum Gasteiger partial charge on any atom is 0.141 e. The fourth-order valence-corrected chi connectivity index (χ4v) is 2.12. The summed E-state index contributed by atoms with van der Waals surface area (Å²) in [4.78, 5) is 0. The van der Waals surface area contributed by atoms with Crippen molar-refractivity contribution in [2.24, 2.45) is 0 Å². The highest BCUT2D eigenvalue weighted by atomic mass is 79.9. The summed E-state index contributed by atoms with van der Waals surface area (Å²) in [5.41, 5.74) is 0.587. The van der Waals surface area contributed by atoms with Crippen LogP contribution in [0.2, 0.25) is 0 Å². The van der Waals surface area contributed by atoms with E-state index in [0.29, 0.717) is 11.3 Å². The van der Waals surface area contributed by atoms with Crippen molar-refractivity contribution in [1.82, 2.24) is 0 Å². The minimum absolute atomic E-state index is 0.587. The van der Waals surface area contributed by atoms with Gasteiger partial charge in [0.25, 0.3) is 0 Å². The quantitative estimate of drug-likeness (QED) is 0.771. The number of para-hydroxylation sites is 1. The average Bonchev–Trinajstić information content (AvgIpc) is 2.32. The normalized spacial score (nSPS) is 9.71. The van der Waals surface area contributed by atoms with Gasteiger partial charge in [-0.05, 0) is 62.2 Å². The van der Waals surface area contributed by atoms with Crippen molar-refractivity contribution in [2.45, 2.75) is 0 Å². The van der Waals surface area contributed by atoms with Gasteiger partial charge in [-0.1, -0.05) is 12.1 Å². The molecule has 0 radical (unpaired) electrons. The molecule has 0 aliphatic rings.